The molecule has 0 aliphatic heterocycles. The van der Waals surface area contributed by atoms with Crippen molar-refractivity contribution in [2.24, 2.45) is 0 Å². The van der Waals surface area contributed by atoms with Gasteiger partial charge in [0.25, 0.3) is 5.91 Å². The van der Waals surface area contributed by atoms with Crippen molar-refractivity contribution in [3.63, 3.8) is 0 Å². The Morgan fingerprint density at radius 1 is 0.862 bits per heavy atom. The number of rotatable bonds is 8. The molecule has 0 bridgehead atoms. The standard InChI is InChI=1S/C24H23NO4/c1-17(20-13-7-11-18-8-5-6-12-21(18)20)25-23(27)16-29-24(28)15-14-22(26)19-9-3-2-4-10-19/h2-13,17H,14-16H2,1H3,(H,25,27)/t17-/m1/s1. The summed E-state index contributed by atoms with van der Waals surface area (Å²) in [5.74, 6) is -1.08. The lowest BCUT2D eigenvalue weighted by Crippen LogP contribution is -2.31. The molecule has 148 valence electrons. The van der Waals surface area contributed by atoms with Crippen LogP contribution in [-0.2, 0) is 14.3 Å². The predicted octanol–water partition coefficient (Wildman–Crippen LogP) is 4.22. The number of fused-ring (bicyclic) bond motifs is 1. The highest BCUT2D eigenvalue weighted by Crippen LogP contribution is 2.23. The summed E-state index contributed by atoms with van der Waals surface area (Å²) in [5.41, 5.74) is 1.55. The molecule has 0 spiro atoms. The van der Waals surface area contributed by atoms with Crippen molar-refractivity contribution in [2.45, 2.75) is 25.8 Å². The molecule has 1 atom stereocenters. The summed E-state index contributed by atoms with van der Waals surface area (Å²) >= 11 is 0. The molecule has 5 nitrogen and oxygen atoms in total. The lowest BCUT2D eigenvalue weighted by Gasteiger charge is -2.16. The fraction of sp³-hybridized carbons (Fsp3) is 0.208. The number of ketones is 1. The molecule has 0 saturated carbocycles. The van der Waals surface area contributed by atoms with Gasteiger partial charge in [-0.25, -0.2) is 0 Å². The van der Waals surface area contributed by atoms with Crippen molar-refractivity contribution in [3.05, 3.63) is 83.9 Å². The molecule has 29 heavy (non-hydrogen) atoms. The zero-order valence-corrected chi connectivity index (χ0v) is 16.3. The number of nitrogens with one attached hydrogen (secondary N) is 1. The third-order valence-electron chi connectivity index (χ3n) is 4.68. The van der Waals surface area contributed by atoms with Crippen LogP contribution in [0.4, 0.5) is 0 Å². The number of benzene rings is 3. The second-order valence-corrected chi connectivity index (χ2v) is 6.81. The van der Waals surface area contributed by atoms with Crippen molar-refractivity contribution in [2.75, 3.05) is 6.61 Å². The van der Waals surface area contributed by atoms with Gasteiger partial charge in [-0.1, -0.05) is 72.8 Å². The van der Waals surface area contributed by atoms with E-state index in [0.29, 0.717) is 5.56 Å². The van der Waals surface area contributed by atoms with Gasteiger partial charge in [-0.3, -0.25) is 14.4 Å². The van der Waals surface area contributed by atoms with Crippen molar-refractivity contribution in [1.29, 1.82) is 0 Å². The normalized spacial score (nSPS) is 11.6. The van der Waals surface area contributed by atoms with Crippen molar-refractivity contribution < 1.29 is 19.1 Å². The van der Waals surface area contributed by atoms with Crippen LogP contribution in [0.5, 0.6) is 0 Å². The Balaban J connectivity index is 1.46. The summed E-state index contributed by atoms with van der Waals surface area (Å²) in [6, 6.07) is 22.4. The number of hydrogen-bond acceptors (Lipinski definition) is 4. The summed E-state index contributed by atoms with van der Waals surface area (Å²) in [6.45, 7) is 1.52. The van der Waals surface area contributed by atoms with Crippen LogP contribution in [0.1, 0.15) is 41.7 Å². The van der Waals surface area contributed by atoms with Crippen LogP contribution >= 0.6 is 0 Å². The number of hydrogen-bond donors (Lipinski definition) is 1. The van der Waals surface area contributed by atoms with Crippen LogP contribution in [0.15, 0.2) is 72.8 Å². The van der Waals surface area contributed by atoms with E-state index in [4.69, 9.17) is 4.74 Å². The Bertz CT molecular complexity index is 1010. The number of Topliss-reactive ketones (excluding diaryl/α,β-unsaturated/α-hetero) is 1. The Labute approximate surface area is 169 Å². The molecule has 0 fully saturated rings. The first-order valence-electron chi connectivity index (χ1n) is 9.55. The van der Waals surface area contributed by atoms with E-state index < -0.39 is 5.97 Å². The average Bonchev–Trinajstić information content (AvgIpc) is 2.76. The monoisotopic (exact) mass is 389 g/mol. The third kappa shape index (κ3) is 5.51. The highest BCUT2D eigenvalue weighted by molar-refractivity contribution is 5.97. The highest BCUT2D eigenvalue weighted by Gasteiger charge is 2.15. The summed E-state index contributed by atoms with van der Waals surface area (Å²) < 4.78 is 5.01. The number of ether oxygens (including phenoxy) is 1. The minimum Gasteiger partial charge on any atom is -0.456 e. The van der Waals surface area contributed by atoms with E-state index in [2.05, 4.69) is 5.32 Å². The molecule has 0 aromatic heterocycles. The van der Waals surface area contributed by atoms with Crippen LogP contribution in [0.25, 0.3) is 10.8 Å². The van der Waals surface area contributed by atoms with E-state index in [1.807, 2.05) is 55.5 Å². The molecule has 0 heterocycles. The Kier molecular flexibility index (Phi) is 6.74. The minimum absolute atomic E-state index is 0.0525. The molecule has 1 N–H and O–H groups in total. The maximum Gasteiger partial charge on any atom is 0.306 e. The minimum atomic E-state index is -0.567. The van der Waals surface area contributed by atoms with E-state index >= 15 is 0 Å². The summed E-state index contributed by atoms with van der Waals surface area (Å²) in [5, 5.41) is 5.02. The van der Waals surface area contributed by atoms with Crippen LogP contribution in [0.2, 0.25) is 0 Å². The number of amides is 1. The van der Waals surface area contributed by atoms with Gasteiger partial charge in [0.05, 0.1) is 12.5 Å². The average molecular weight is 389 g/mol. The van der Waals surface area contributed by atoms with E-state index in [1.54, 1.807) is 24.3 Å². The first kappa shape index (κ1) is 20.3. The molecule has 3 aromatic rings. The van der Waals surface area contributed by atoms with Crippen LogP contribution in [-0.4, -0.2) is 24.3 Å². The van der Waals surface area contributed by atoms with Gasteiger partial charge < -0.3 is 10.1 Å². The summed E-state index contributed by atoms with van der Waals surface area (Å²) in [6.07, 6.45) is -0.00322. The Hall–Kier alpha value is -3.47. The zero-order valence-electron chi connectivity index (χ0n) is 16.3. The van der Waals surface area contributed by atoms with E-state index in [-0.39, 0.29) is 37.2 Å². The van der Waals surface area contributed by atoms with Crippen molar-refractivity contribution in [1.82, 2.24) is 5.32 Å². The number of esters is 1. The largest absolute Gasteiger partial charge is 0.456 e. The van der Waals surface area contributed by atoms with Gasteiger partial charge in [-0.2, -0.15) is 0 Å². The third-order valence-corrected chi connectivity index (χ3v) is 4.68. The van der Waals surface area contributed by atoms with Gasteiger partial charge in [-0.15, -0.1) is 0 Å². The maximum atomic E-state index is 12.2. The van der Waals surface area contributed by atoms with Gasteiger partial charge in [0.1, 0.15) is 0 Å². The van der Waals surface area contributed by atoms with Crippen LogP contribution < -0.4 is 5.32 Å². The lowest BCUT2D eigenvalue weighted by molar-refractivity contribution is -0.148. The Morgan fingerprint density at radius 3 is 2.34 bits per heavy atom. The van der Waals surface area contributed by atoms with Crippen LogP contribution in [0, 0.1) is 0 Å². The number of carbonyl (C=O) groups is 3. The molecule has 1 amide bonds. The van der Waals surface area contributed by atoms with Crippen LogP contribution in [0.3, 0.4) is 0 Å². The van der Waals surface area contributed by atoms with E-state index in [9.17, 15) is 14.4 Å². The molecule has 0 saturated heterocycles. The van der Waals surface area contributed by atoms with Gasteiger partial charge in [-0.05, 0) is 23.3 Å². The molecular formula is C24H23NO4. The van der Waals surface area contributed by atoms with E-state index in [1.165, 1.54) is 0 Å². The highest BCUT2D eigenvalue weighted by atomic mass is 16.5. The molecule has 5 heteroatoms. The van der Waals surface area contributed by atoms with Gasteiger partial charge >= 0.3 is 5.97 Å². The molecule has 3 rings (SSSR count). The number of carbonyl (C=O) groups excluding carboxylic acids is 3. The second kappa shape index (κ2) is 9.64. The first-order chi connectivity index (χ1) is 14.0. The fourth-order valence-corrected chi connectivity index (χ4v) is 3.19. The van der Waals surface area contributed by atoms with Gasteiger partial charge in [0.2, 0.25) is 0 Å². The molecule has 0 radical (unpaired) electrons. The summed E-state index contributed by atoms with van der Waals surface area (Å²) in [4.78, 5) is 36.0. The predicted molar refractivity (Wildman–Crippen MR) is 111 cm³/mol. The van der Waals surface area contributed by atoms with Crippen molar-refractivity contribution >= 4 is 28.4 Å². The molecule has 3 aromatic carbocycles. The second-order valence-electron chi connectivity index (χ2n) is 6.81. The molecule has 0 aliphatic carbocycles. The topological polar surface area (TPSA) is 72.5 Å². The smallest absolute Gasteiger partial charge is 0.306 e. The SMILES string of the molecule is C[C@@H](NC(=O)COC(=O)CCC(=O)c1ccccc1)c1cccc2ccccc12. The lowest BCUT2D eigenvalue weighted by atomic mass is 10.00. The molecule has 0 aliphatic rings. The molecular weight excluding hydrogens is 366 g/mol. The zero-order chi connectivity index (χ0) is 20.6. The van der Waals surface area contributed by atoms with Gasteiger partial charge in [0.15, 0.2) is 12.4 Å². The quantitative estimate of drug-likeness (QED) is 0.462. The Morgan fingerprint density at radius 2 is 1.55 bits per heavy atom. The summed E-state index contributed by atoms with van der Waals surface area (Å²) in [7, 11) is 0. The fourth-order valence-electron chi connectivity index (χ4n) is 3.19. The maximum absolute atomic E-state index is 12.2. The first-order valence-corrected chi connectivity index (χ1v) is 9.55. The van der Waals surface area contributed by atoms with E-state index in [0.717, 1.165) is 16.3 Å². The van der Waals surface area contributed by atoms with Gasteiger partial charge in [0, 0.05) is 12.0 Å². The van der Waals surface area contributed by atoms with Crippen molar-refractivity contribution in [3.8, 4) is 0 Å². The molecule has 0 unspecified atom stereocenters.